The van der Waals surface area contributed by atoms with Crippen LogP contribution in [-0.2, 0) is 16.1 Å². The second kappa shape index (κ2) is 6.57. The fraction of sp³-hybridized carbons (Fsp3) is 0.455. The molecule has 2 amide bonds. The van der Waals surface area contributed by atoms with Gasteiger partial charge in [0.25, 0.3) is 0 Å². The molecule has 0 atom stereocenters. The number of nitrogens with one attached hydrogen (secondary N) is 1. The van der Waals surface area contributed by atoms with Crippen LogP contribution < -0.4 is 5.32 Å². The summed E-state index contributed by atoms with van der Waals surface area (Å²) in [6.45, 7) is 2.26. The number of rotatable bonds is 5. The number of furan rings is 1. The van der Waals surface area contributed by atoms with Crippen molar-refractivity contribution >= 4 is 12.0 Å². The van der Waals surface area contributed by atoms with E-state index in [4.69, 9.17) is 4.42 Å². The normalized spacial score (nSPS) is 9.76. The highest BCUT2D eigenvalue weighted by molar-refractivity contribution is 5.81. The minimum Gasteiger partial charge on any atom is -0.467 e. The van der Waals surface area contributed by atoms with Crippen molar-refractivity contribution < 1.29 is 18.7 Å². The van der Waals surface area contributed by atoms with Gasteiger partial charge in [0.05, 0.1) is 19.4 Å². The molecule has 17 heavy (non-hydrogen) atoms. The van der Waals surface area contributed by atoms with Crippen molar-refractivity contribution in [1.82, 2.24) is 10.2 Å². The second-order valence-electron chi connectivity index (χ2n) is 3.40. The number of amides is 2. The first-order chi connectivity index (χ1) is 8.13. The van der Waals surface area contributed by atoms with E-state index in [0.29, 0.717) is 12.3 Å². The maximum Gasteiger partial charge on any atom is 0.407 e. The Hall–Kier alpha value is -1.98. The van der Waals surface area contributed by atoms with Crippen molar-refractivity contribution in [2.75, 3.05) is 20.2 Å². The number of carbonyl (C=O) groups excluding carboxylic acids is 2. The maximum atomic E-state index is 11.6. The first kappa shape index (κ1) is 13.1. The molecule has 1 aromatic rings. The molecule has 0 aliphatic heterocycles. The van der Waals surface area contributed by atoms with Gasteiger partial charge in [-0.2, -0.15) is 0 Å². The van der Waals surface area contributed by atoms with E-state index in [2.05, 4.69) is 10.1 Å². The molecule has 0 bridgehead atoms. The van der Waals surface area contributed by atoms with Crippen LogP contribution in [0, 0.1) is 0 Å². The lowest BCUT2D eigenvalue weighted by Gasteiger charge is -2.15. The zero-order valence-electron chi connectivity index (χ0n) is 9.93. The summed E-state index contributed by atoms with van der Waals surface area (Å²) in [6.07, 6.45) is 0.956. The molecule has 6 nitrogen and oxygen atoms in total. The number of carbonyl (C=O) groups is 2. The van der Waals surface area contributed by atoms with Crippen LogP contribution in [0.2, 0.25) is 0 Å². The number of hydrogen-bond acceptors (Lipinski definition) is 4. The van der Waals surface area contributed by atoms with Crippen molar-refractivity contribution in [3.63, 3.8) is 0 Å². The average molecular weight is 240 g/mol. The summed E-state index contributed by atoms with van der Waals surface area (Å²) in [5, 5.41) is 2.36. The molecule has 0 radical (unpaired) electrons. The van der Waals surface area contributed by atoms with Crippen molar-refractivity contribution in [2.24, 2.45) is 0 Å². The van der Waals surface area contributed by atoms with E-state index in [1.807, 2.05) is 0 Å². The number of likely N-dealkylation sites (N-methyl/N-ethyl adjacent to an activating group) is 1. The van der Waals surface area contributed by atoms with Gasteiger partial charge >= 0.3 is 6.09 Å². The molecule has 1 heterocycles. The third kappa shape index (κ3) is 4.58. The summed E-state index contributed by atoms with van der Waals surface area (Å²) in [7, 11) is 1.64. The number of hydrogen-bond donors (Lipinski definition) is 1. The Morgan fingerprint density at radius 1 is 1.53 bits per heavy atom. The molecule has 1 aromatic heterocycles. The predicted octanol–water partition coefficient (Wildman–Crippen LogP) is 0.984. The van der Waals surface area contributed by atoms with Gasteiger partial charge in [0, 0.05) is 7.05 Å². The van der Waals surface area contributed by atoms with Crippen LogP contribution in [0.1, 0.15) is 12.7 Å². The van der Waals surface area contributed by atoms with Crippen LogP contribution in [-0.4, -0.2) is 37.1 Å². The van der Waals surface area contributed by atoms with Gasteiger partial charge < -0.3 is 19.4 Å². The van der Waals surface area contributed by atoms with Gasteiger partial charge in [-0.15, -0.1) is 0 Å². The highest BCUT2D eigenvalue weighted by Gasteiger charge is 2.11. The van der Waals surface area contributed by atoms with Gasteiger partial charge in [-0.25, -0.2) is 4.79 Å². The molecule has 1 N–H and O–H groups in total. The van der Waals surface area contributed by atoms with Crippen LogP contribution in [0.5, 0.6) is 0 Å². The molecule has 0 aromatic carbocycles. The van der Waals surface area contributed by atoms with Gasteiger partial charge in [-0.05, 0) is 19.1 Å². The van der Waals surface area contributed by atoms with Gasteiger partial charge in [-0.3, -0.25) is 4.79 Å². The number of nitrogens with zero attached hydrogens (tertiary/aromatic N) is 1. The molecule has 0 unspecified atom stereocenters. The van der Waals surface area contributed by atoms with Crippen LogP contribution in [0.15, 0.2) is 22.8 Å². The summed E-state index contributed by atoms with van der Waals surface area (Å²) in [5.74, 6) is 0.478. The fourth-order valence-corrected chi connectivity index (χ4v) is 1.19. The Kier molecular flexibility index (Phi) is 5.06. The van der Waals surface area contributed by atoms with Crippen molar-refractivity contribution in [3.8, 4) is 0 Å². The topological polar surface area (TPSA) is 71.8 Å². The van der Waals surface area contributed by atoms with Crippen molar-refractivity contribution in [3.05, 3.63) is 24.2 Å². The zero-order chi connectivity index (χ0) is 12.7. The van der Waals surface area contributed by atoms with Gasteiger partial charge in [-0.1, -0.05) is 0 Å². The molecule has 0 fully saturated rings. The third-order valence-electron chi connectivity index (χ3n) is 2.06. The van der Waals surface area contributed by atoms with Crippen molar-refractivity contribution in [1.29, 1.82) is 0 Å². The van der Waals surface area contributed by atoms with E-state index in [1.54, 1.807) is 32.4 Å². The number of ether oxygens (including phenoxy) is 1. The first-order valence-electron chi connectivity index (χ1n) is 5.30. The molecular formula is C11H16N2O4. The molecule has 94 valence electrons. The van der Waals surface area contributed by atoms with Crippen LogP contribution >= 0.6 is 0 Å². The minimum absolute atomic E-state index is 0.0873. The summed E-state index contributed by atoms with van der Waals surface area (Å²) in [4.78, 5) is 24.0. The van der Waals surface area contributed by atoms with Crippen LogP contribution in [0.25, 0.3) is 0 Å². The molecular weight excluding hydrogens is 224 g/mol. The van der Waals surface area contributed by atoms with Crippen molar-refractivity contribution in [2.45, 2.75) is 13.5 Å². The standard InChI is InChI=1S/C11H16N2O4/c1-3-16-11(15)12-7-10(14)13(2)8-9-5-4-6-17-9/h4-6H,3,7-8H2,1-2H3,(H,12,15). The summed E-state index contributed by atoms with van der Waals surface area (Å²) < 4.78 is 9.75. The Morgan fingerprint density at radius 2 is 2.29 bits per heavy atom. The monoisotopic (exact) mass is 240 g/mol. The molecule has 0 saturated heterocycles. The molecule has 6 heteroatoms. The average Bonchev–Trinajstić information content (AvgIpc) is 2.79. The van der Waals surface area contributed by atoms with Gasteiger partial charge in [0.1, 0.15) is 12.3 Å². The third-order valence-corrected chi connectivity index (χ3v) is 2.06. The van der Waals surface area contributed by atoms with E-state index in [9.17, 15) is 9.59 Å². The van der Waals surface area contributed by atoms with E-state index >= 15 is 0 Å². The summed E-state index contributed by atoms with van der Waals surface area (Å²) in [6, 6.07) is 3.53. The highest BCUT2D eigenvalue weighted by Crippen LogP contribution is 2.03. The summed E-state index contributed by atoms with van der Waals surface area (Å²) in [5.41, 5.74) is 0. The zero-order valence-corrected chi connectivity index (χ0v) is 9.93. The lowest BCUT2D eigenvalue weighted by molar-refractivity contribution is -0.129. The second-order valence-corrected chi connectivity index (χ2v) is 3.40. The molecule has 1 rings (SSSR count). The lowest BCUT2D eigenvalue weighted by atomic mass is 10.4. The van der Waals surface area contributed by atoms with Gasteiger partial charge in [0.15, 0.2) is 0 Å². The smallest absolute Gasteiger partial charge is 0.407 e. The van der Waals surface area contributed by atoms with E-state index in [-0.39, 0.29) is 19.1 Å². The molecule has 0 saturated carbocycles. The Balaban J connectivity index is 2.29. The quantitative estimate of drug-likeness (QED) is 0.832. The van der Waals surface area contributed by atoms with E-state index in [1.165, 1.54) is 4.90 Å². The first-order valence-corrected chi connectivity index (χ1v) is 5.30. The molecule has 0 spiro atoms. The largest absolute Gasteiger partial charge is 0.467 e. The minimum atomic E-state index is -0.591. The number of alkyl carbamates (subject to hydrolysis) is 1. The summed E-state index contributed by atoms with van der Waals surface area (Å²) >= 11 is 0. The maximum absolute atomic E-state index is 11.6. The van der Waals surface area contributed by atoms with Crippen LogP contribution in [0.3, 0.4) is 0 Å². The van der Waals surface area contributed by atoms with Gasteiger partial charge in [0.2, 0.25) is 5.91 Å². The van der Waals surface area contributed by atoms with Crippen LogP contribution in [0.4, 0.5) is 4.79 Å². The Morgan fingerprint density at radius 3 is 2.88 bits per heavy atom. The lowest BCUT2D eigenvalue weighted by Crippen LogP contribution is -2.37. The Bertz CT molecular complexity index is 362. The van der Waals surface area contributed by atoms with E-state index in [0.717, 1.165) is 0 Å². The molecule has 0 aliphatic rings. The highest BCUT2D eigenvalue weighted by atomic mass is 16.5. The fourth-order valence-electron chi connectivity index (χ4n) is 1.19. The van der Waals surface area contributed by atoms with E-state index < -0.39 is 6.09 Å². The SMILES string of the molecule is CCOC(=O)NCC(=O)N(C)Cc1ccco1. The molecule has 0 aliphatic carbocycles. The Labute approximate surface area is 99.5 Å². The predicted molar refractivity (Wildman–Crippen MR) is 60.2 cm³/mol.